The van der Waals surface area contributed by atoms with Crippen LogP contribution in [-0.4, -0.2) is 30.6 Å². The van der Waals surface area contributed by atoms with Crippen LogP contribution in [0.3, 0.4) is 0 Å². The van der Waals surface area contributed by atoms with Crippen LogP contribution >= 0.6 is 0 Å². The molecule has 6 nitrogen and oxygen atoms in total. The van der Waals surface area contributed by atoms with Crippen molar-refractivity contribution in [3.05, 3.63) is 39.7 Å². The van der Waals surface area contributed by atoms with Gasteiger partial charge in [0.1, 0.15) is 5.82 Å². The molecule has 0 fully saturated rings. The fourth-order valence-corrected chi connectivity index (χ4v) is 1.53. The van der Waals surface area contributed by atoms with E-state index in [4.69, 9.17) is 4.74 Å². The first kappa shape index (κ1) is 15.0. The van der Waals surface area contributed by atoms with E-state index in [9.17, 15) is 19.3 Å². The molecule has 0 spiro atoms. The summed E-state index contributed by atoms with van der Waals surface area (Å²) < 4.78 is 18.4. The molecule has 1 rings (SSSR count). The van der Waals surface area contributed by atoms with E-state index in [1.54, 1.807) is 0 Å². The summed E-state index contributed by atoms with van der Waals surface area (Å²) in [4.78, 5) is 21.8. The standard InChI is InChI=1S/C12H15FN2O4/c1-3-8(7-19-2)14-12(16)10-6-9(15(17)18)4-5-11(10)13/h4-6,8H,3,7H2,1-2H3,(H,14,16). The SMILES string of the molecule is CCC(COC)NC(=O)c1cc([N+](=O)[O-])ccc1F. The number of nitrogens with one attached hydrogen (secondary N) is 1. The molecule has 0 aromatic heterocycles. The number of carbonyl (C=O) groups excluding carboxylic acids is 1. The van der Waals surface area contributed by atoms with Gasteiger partial charge in [0.2, 0.25) is 0 Å². The fraction of sp³-hybridized carbons (Fsp3) is 0.417. The third-order valence-electron chi connectivity index (χ3n) is 2.60. The molecule has 1 aromatic rings. The molecule has 0 heterocycles. The second-order valence-electron chi connectivity index (χ2n) is 3.96. The number of nitrogens with zero attached hydrogens (tertiary/aromatic N) is 1. The van der Waals surface area contributed by atoms with Gasteiger partial charge < -0.3 is 10.1 Å². The van der Waals surface area contributed by atoms with E-state index in [1.165, 1.54) is 7.11 Å². The number of carbonyl (C=O) groups is 1. The highest BCUT2D eigenvalue weighted by molar-refractivity contribution is 5.95. The Morgan fingerprint density at radius 3 is 2.79 bits per heavy atom. The number of methoxy groups -OCH3 is 1. The highest BCUT2D eigenvalue weighted by Gasteiger charge is 2.19. The molecular weight excluding hydrogens is 255 g/mol. The van der Waals surface area contributed by atoms with Crippen LogP contribution in [-0.2, 0) is 4.74 Å². The van der Waals surface area contributed by atoms with Crippen molar-refractivity contribution in [2.45, 2.75) is 19.4 Å². The summed E-state index contributed by atoms with van der Waals surface area (Å²) in [6, 6.07) is 2.57. The van der Waals surface area contributed by atoms with E-state index in [-0.39, 0.29) is 17.3 Å². The van der Waals surface area contributed by atoms with Gasteiger partial charge in [-0.15, -0.1) is 0 Å². The highest BCUT2D eigenvalue weighted by atomic mass is 19.1. The first-order chi connectivity index (χ1) is 8.99. The Bertz CT molecular complexity index is 479. The van der Waals surface area contributed by atoms with Crippen molar-refractivity contribution < 1.29 is 18.8 Å². The van der Waals surface area contributed by atoms with Crippen molar-refractivity contribution in [3.63, 3.8) is 0 Å². The lowest BCUT2D eigenvalue weighted by atomic mass is 10.1. The van der Waals surface area contributed by atoms with Crippen molar-refractivity contribution in [2.24, 2.45) is 0 Å². The van der Waals surface area contributed by atoms with Gasteiger partial charge in [0, 0.05) is 19.2 Å². The molecule has 1 N–H and O–H groups in total. The molecule has 0 saturated carbocycles. The van der Waals surface area contributed by atoms with Crippen LogP contribution in [0.4, 0.5) is 10.1 Å². The Kier molecular flexibility index (Phi) is 5.37. The van der Waals surface area contributed by atoms with Gasteiger partial charge in [-0.3, -0.25) is 14.9 Å². The second-order valence-corrected chi connectivity index (χ2v) is 3.96. The molecule has 0 aliphatic carbocycles. The number of ether oxygens (including phenoxy) is 1. The van der Waals surface area contributed by atoms with Gasteiger partial charge in [-0.2, -0.15) is 0 Å². The number of hydrogen-bond acceptors (Lipinski definition) is 4. The Labute approximate surface area is 109 Å². The zero-order chi connectivity index (χ0) is 14.4. The Morgan fingerprint density at radius 2 is 2.26 bits per heavy atom. The van der Waals surface area contributed by atoms with Gasteiger partial charge in [0.15, 0.2) is 0 Å². The summed E-state index contributed by atoms with van der Waals surface area (Å²) in [6.07, 6.45) is 0.607. The molecule has 0 aliphatic rings. The average Bonchev–Trinajstić information content (AvgIpc) is 2.38. The summed E-state index contributed by atoms with van der Waals surface area (Å²) in [5.74, 6) is -1.49. The van der Waals surface area contributed by atoms with E-state index >= 15 is 0 Å². The first-order valence-electron chi connectivity index (χ1n) is 5.73. The predicted octanol–water partition coefficient (Wildman–Crippen LogP) is 1.89. The first-order valence-corrected chi connectivity index (χ1v) is 5.73. The van der Waals surface area contributed by atoms with Crippen LogP contribution in [0.2, 0.25) is 0 Å². The molecule has 0 saturated heterocycles. The smallest absolute Gasteiger partial charge is 0.270 e. The lowest BCUT2D eigenvalue weighted by Crippen LogP contribution is -2.37. The summed E-state index contributed by atoms with van der Waals surface area (Å²) in [7, 11) is 1.49. The fourth-order valence-electron chi connectivity index (χ4n) is 1.53. The topological polar surface area (TPSA) is 81.5 Å². The number of rotatable bonds is 6. The van der Waals surface area contributed by atoms with Crippen molar-refractivity contribution in [1.29, 1.82) is 0 Å². The molecule has 1 aromatic carbocycles. The maximum Gasteiger partial charge on any atom is 0.270 e. The highest BCUT2D eigenvalue weighted by Crippen LogP contribution is 2.17. The average molecular weight is 270 g/mol. The van der Waals surface area contributed by atoms with Crippen LogP contribution in [0.1, 0.15) is 23.7 Å². The molecule has 0 bridgehead atoms. The molecule has 1 amide bonds. The number of halogens is 1. The Balaban J connectivity index is 2.92. The van der Waals surface area contributed by atoms with E-state index in [2.05, 4.69) is 5.32 Å². The van der Waals surface area contributed by atoms with Crippen LogP contribution in [0, 0.1) is 15.9 Å². The molecule has 19 heavy (non-hydrogen) atoms. The van der Waals surface area contributed by atoms with Gasteiger partial charge in [-0.25, -0.2) is 4.39 Å². The molecule has 1 atom stereocenters. The lowest BCUT2D eigenvalue weighted by Gasteiger charge is -2.16. The number of amides is 1. The summed E-state index contributed by atoms with van der Waals surface area (Å²) in [5, 5.41) is 13.2. The van der Waals surface area contributed by atoms with Gasteiger partial charge in [0.05, 0.1) is 23.1 Å². The number of non-ortho nitro benzene ring substituents is 1. The third kappa shape index (κ3) is 3.99. The van der Waals surface area contributed by atoms with Gasteiger partial charge in [-0.1, -0.05) is 6.92 Å². The van der Waals surface area contributed by atoms with Crippen molar-refractivity contribution in [1.82, 2.24) is 5.32 Å². The zero-order valence-electron chi connectivity index (χ0n) is 10.7. The molecule has 0 radical (unpaired) electrons. The monoisotopic (exact) mass is 270 g/mol. The largest absolute Gasteiger partial charge is 0.383 e. The lowest BCUT2D eigenvalue weighted by molar-refractivity contribution is -0.384. The minimum Gasteiger partial charge on any atom is -0.383 e. The normalized spacial score (nSPS) is 11.9. The third-order valence-corrected chi connectivity index (χ3v) is 2.60. The van der Waals surface area contributed by atoms with Crippen LogP contribution < -0.4 is 5.32 Å². The second kappa shape index (κ2) is 6.79. The molecule has 0 aliphatic heterocycles. The van der Waals surface area contributed by atoms with E-state index in [1.807, 2.05) is 6.92 Å². The van der Waals surface area contributed by atoms with E-state index in [0.29, 0.717) is 13.0 Å². The number of benzene rings is 1. The maximum absolute atomic E-state index is 13.5. The van der Waals surface area contributed by atoms with Crippen molar-refractivity contribution in [2.75, 3.05) is 13.7 Å². The molecule has 104 valence electrons. The minimum atomic E-state index is -0.796. The summed E-state index contributed by atoms with van der Waals surface area (Å²) in [5.41, 5.74) is -0.671. The van der Waals surface area contributed by atoms with E-state index < -0.39 is 16.6 Å². The van der Waals surface area contributed by atoms with Crippen molar-refractivity contribution in [3.8, 4) is 0 Å². The number of hydrogen-bond donors (Lipinski definition) is 1. The van der Waals surface area contributed by atoms with Gasteiger partial charge in [0.25, 0.3) is 11.6 Å². The predicted molar refractivity (Wildman–Crippen MR) is 66.5 cm³/mol. The quantitative estimate of drug-likeness (QED) is 0.632. The zero-order valence-corrected chi connectivity index (χ0v) is 10.7. The molecule has 1 unspecified atom stereocenters. The number of nitro groups is 1. The minimum absolute atomic E-state index is 0.267. The van der Waals surface area contributed by atoms with Crippen LogP contribution in [0.5, 0.6) is 0 Å². The van der Waals surface area contributed by atoms with Crippen LogP contribution in [0.15, 0.2) is 18.2 Å². The van der Waals surface area contributed by atoms with Crippen LogP contribution in [0.25, 0.3) is 0 Å². The molecular formula is C12H15FN2O4. The van der Waals surface area contributed by atoms with Gasteiger partial charge >= 0.3 is 0 Å². The number of nitro benzene ring substituents is 1. The van der Waals surface area contributed by atoms with Gasteiger partial charge in [-0.05, 0) is 12.5 Å². The Morgan fingerprint density at radius 1 is 1.58 bits per heavy atom. The van der Waals surface area contributed by atoms with E-state index in [0.717, 1.165) is 18.2 Å². The molecule has 7 heteroatoms. The summed E-state index contributed by atoms with van der Waals surface area (Å²) in [6.45, 7) is 2.13. The maximum atomic E-state index is 13.5. The Hall–Kier alpha value is -2.02. The van der Waals surface area contributed by atoms with Crippen molar-refractivity contribution >= 4 is 11.6 Å². The summed E-state index contributed by atoms with van der Waals surface area (Å²) >= 11 is 0.